The first-order valence-corrected chi connectivity index (χ1v) is 13.1. The third-order valence-electron chi connectivity index (χ3n) is 5.90. The van der Waals surface area contributed by atoms with Crippen LogP contribution in [0.2, 0.25) is 0 Å². The van der Waals surface area contributed by atoms with E-state index in [4.69, 9.17) is 0 Å². The lowest BCUT2D eigenvalue weighted by atomic mass is 10.1. The number of rotatable bonds is 8. The molecule has 2 aromatic heterocycles. The monoisotopic (exact) mass is 574 g/mol. The van der Waals surface area contributed by atoms with Crippen molar-refractivity contribution in [3.63, 3.8) is 0 Å². The molecule has 0 aliphatic heterocycles. The van der Waals surface area contributed by atoms with Crippen LogP contribution in [0.5, 0.6) is 0 Å². The number of fused-ring (bicyclic) bond motifs is 2. The predicted octanol–water partition coefficient (Wildman–Crippen LogP) is 5.51. The minimum atomic E-state index is 0.987. The zero-order chi connectivity index (χ0) is 24.8. The van der Waals surface area contributed by atoms with Crippen LogP contribution in [-0.4, -0.2) is 70.6 Å². The first kappa shape index (κ1) is 26.6. The summed E-state index contributed by atoms with van der Waals surface area (Å²) in [4.78, 5) is 4.42. The van der Waals surface area contributed by atoms with Gasteiger partial charge in [0.25, 0.3) is 0 Å². The normalized spacial score (nSPS) is 11.6. The van der Waals surface area contributed by atoms with E-state index in [2.05, 4.69) is 137 Å². The summed E-state index contributed by atoms with van der Waals surface area (Å²) in [5.41, 5.74) is 6.24. The molecule has 0 radical (unpaired) electrons. The summed E-state index contributed by atoms with van der Waals surface area (Å²) >= 11 is 2.31. The molecule has 0 aliphatic carbocycles. The minimum absolute atomic E-state index is 0.987. The number of benzene rings is 2. The molecule has 0 saturated heterocycles. The maximum absolute atomic E-state index is 4.63. The summed E-state index contributed by atoms with van der Waals surface area (Å²) in [6.45, 7) is 10.5. The van der Waals surface area contributed by atoms with Crippen LogP contribution in [0.4, 0.5) is 0 Å². The molecule has 0 spiro atoms. The van der Waals surface area contributed by atoms with Gasteiger partial charge in [-0.3, -0.25) is 9.36 Å². The molecule has 0 saturated carbocycles. The van der Waals surface area contributed by atoms with Gasteiger partial charge in [-0.15, -0.1) is 0 Å². The second kappa shape index (κ2) is 12.1. The Kier molecular flexibility index (Phi) is 9.50. The van der Waals surface area contributed by atoms with Gasteiger partial charge in [0, 0.05) is 23.9 Å². The quantitative estimate of drug-likeness (QED) is 0.261. The number of aryl methyl sites for hydroxylation is 5. The number of nitrogens with zero attached hydrogens (tertiary/aromatic N) is 6. The molecule has 0 amide bonds. The van der Waals surface area contributed by atoms with Gasteiger partial charge < -0.3 is 9.80 Å². The summed E-state index contributed by atoms with van der Waals surface area (Å²) in [7, 11) is 8.43. The molecule has 0 aliphatic rings. The van der Waals surface area contributed by atoms with E-state index < -0.39 is 0 Å². The van der Waals surface area contributed by atoms with Gasteiger partial charge in [-0.1, -0.05) is 18.2 Å². The highest BCUT2D eigenvalue weighted by Gasteiger charge is 2.08. The van der Waals surface area contributed by atoms with Crippen LogP contribution in [0.25, 0.3) is 21.8 Å². The van der Waals surface area contributed by atoms with Gasteiger partial charge in [0.1, 0.15) is 3.70 Å². The van der Waals surface area contributed by atoms with Crippen molar-refractivity contribution in [3.8, 4) is 0 Å². The van der Waals surface area contributed by atoms with Crippen molar-refractivity contribution in [2.45, 2.75) is 46.7 Å². The molecule has 7 heteroatoms. The van der Waals surface area contributed by atoms with Crippen LogP contribution in [-0.2, 0) is 13.1 Å². The fraction of sp³-hybridized carbons (Fsp3) is 0.481. The van der Waals surface area contributed by atoms with Gasteiger partial charge in [-0.25, -0.2) is 0 Å². The Labute approximate surface area is 218 Å². The van der Waals surface area contributed by atoms with Crippen LogP contribution in [0.3, 0.4) is 0 Å². The zero-order valence-electron chi connectivity index (χ0n) is 21.8. The lowest BCUT2D eigenvalue weighted by molar-refractivity contribution is 0.382. The Morgan fingerprint density at radius 3 is 1.71 bits per heavy atom. The predicted molar refractivity (Wildman–Crippen MR) is 153 cm³/mol. The summed E-state index contributed by atoms with van der Waals surface area (Å²) in [6, 6.07) is 13.1. The highest BCUT2D eigenvalue weighted by Crippen LogP contribution is 2.22. The number of hydrogen-bond donors (Lipinski definition) is 0. The summed E-state index contributed by atoms with van der Waals surface area (Å²) < 4.78 is 5.37. The molecule has 4 rings (SSSR count). The second-order valence-electron chi connectivity index (χ2n) is 9.68. The Morgan fingerprint density at radius 1 is 0.706 bits per heavy atom. The van der Waals surface area contributed by atoms with Crippen molar-refractivity contribution in [2.75, 3.05) is 41.3 Å². The van der Waals surface area contributed by atoms with E-state index in [9.17, 15) is 0 Å². The average molecular weight is 575 g/mol. The maximum atomic E-state index is 4.63. The number of halogens is 1. The number of hydrogen-bond acceptors (Lipinski definition) is 4. The van der Waals surface area contributed by atoms with Crippen LogP contribution in [0.15, 0.2) is 36.4 Å². The summed E-state index contributed by atoms with van der Waals surface area (Å²) in [5, 5.41) is 11.8. The molecule has 0 atom stereocenters. The van der Waals surface area contributed by atoms with Crippen LogP contribution in [0, 0.1) is 24.5 Å². The SMILES string of the molecule is Cc1ccc2c(C)nn(CCCN(C)C)c2c1.Cc1ccc2c(I)nn(CCCN(C)C)c2c1. The van der Waals surface area contributed by atoms with E-state index in [1.165, 1.54) is 32.9 Å². The van der Waals surface area contributed by atoms with E-state index in [-0.39, 0.29) is 0 Å². The van der Waals surface area contributed by atoms with Crippen LogP contribution in [0.1, 0.15) is 29.7 Å². The Bertz CT molecular complexity index is 1130. The minimum Gasteiger partial charge on any atom is -0.309 e. The van der Waals surface area contributed by atoms with Gasteiger partial charge in [0.05, 0.1) is 16.7 Å². The Hall–Kier alpha value is -1.97. The van der Waals surface area contributed by atoms with Crippen molar-refractivity contribution in [2.24, 2.45) is 0 Å². The van der Waals surface area contributed by atoms with Crippen molar-refractivity contribution in [3.05, 3.63) is 56.9 Å². The Morgan fingerprint density at radius 2 is 1.18 bits per heavy atom. The van der Waals surface area contributed by atoms with E-state index in [1.54, 1.807) is 0 Å². The topological polar surface area (TPSA) is 42.1 Å². The lowest BCUT2D eigenvalue weighted by Crippen LogP contribution is -2.15. The summed E-state index contributed by atoms with van der Waals surface area (Å²) in [5.74, 6) is 0. The van der Waals surface area contributed by atoms with Crippen molar-refractivity contribution >= 4 is 44.4 Å². The van der Waals surface area contributed by atoms with E-state index in [1.807, 2.05) is 0 Å². The van der Waals surface area contributed by atoms with E-state index in [0.717, 1.165) is 48.4 Å². The largest absolute Gasteiger partial charge is 0.309 e. The molecule has 34 heavy (non-hydrogen) atoms. The molecular formula is C27H39IN6. The van der Waals surface area contributed by atoms with Crippen molar-refractivity contribution < 1.29 is 0 Å². The van der Waals surface area contributed by atoms with Gasteiger partial charge >= 0.3 is 0 Å². The molecule has 2 aromatic carbocycles. The first-order chi connectivity index (χ1) is 16.2. The molecule has 4 aromatic rings. The standard InChI is InChI=1S/C14H21N3.C13H18IN3/c1-11-6-7-13-12(2)15-17(14(13)10-11)9-5-8-16(3)4;1-10-5-6-11-12(9-10)17(15-13(11)14)8-4-7-16(2)3/h6-7,10H,5,8-9H2,1-4H3;5-6,9H,4,7-8H2,1-3H3. The zero-order valence-corrected chi connectivity index (χ0v) is 23.9. The molecule has 0 bridgehead atoms. The smallest absolute Gasteiger partial charge is 0.131 e. The summed E-state index contributed by atoms with van der Waals surface area (Å²) in [6.07, 6.45) is 2.27. The molecular weight excluding hydrogens is 535 g/mol. The van der Waals surface area contributed by atoms with E-state index in [0.29, 0.717) is 0 Å². The van der Waals surface area contributed by atoms with Crippen LogP contribution < -0.4 is 0 Å². The molecule has 6 nitrogen and oxygen atoms in total. The van der Waals surface area contributed by atoms with Crippen LogP contribution >= 0.6 is 22.6 Å². The van der Waals surface area contributed by atoms with Gasteiger partial charge in [0.15, 0.2) is 0 Å². The molecule has 2 heterocycles. The third kappa shape index (κ3) is 7.02. The maximum Gasteiger partial charge on any atom is 0.131 e. The molecule has 0 N–H and O–H groups in total. The molecule has 184 valence electrons. The van der Waals surface area contributed by atoms with E-state index >= 15 is 0 Å². The number of aromatic nitrogens is 4. The highest BCUT2D eigenvalue weighted by atomic mass is 127. The fourth-order valence-corrected chi connectivity index (χ4v) is 4.82. The highest BCUT2D eigenvalue weighted by molar-refractivity contribution is 14.1. The second-order valence-corrected chi connectivity index (χ2v) is 10.7. The average Bonchev–Trinajstić information content (AvgIpc) is 3.24. The molecule has 0 unspecified atom stereocenters. The van der Waals surface area contributed by atoms with Gasteiger partial charge in [0.2, 0.25) is 0 Å². The van der Waals surface area contributed by atoms with Gasteiger partial charge in [-0.05, 0) is 127 Å². The fourth-order valence-electron chi connectivity index (χ4n) is 4.11. The third-order valence-corrected chi connectivity index (χ3v) is 6.70. The van der Waals surface area contributed by atoms with Gasteiger partial charge in [-0.2, -0.15) is 10.2 Å². The van der Waals surface area contributed by atoms with Crippen molar-refractivity contribution in [1.82, 2.24) is 29.4 Å². The molecule has 0 fully saturated rings. The first-order valence-electron chi connectivity index (χ1n) is 12.0. The Balaban J connectivity index is 0.000000191. The van der Waals surface area contributed by atoms with Crippen molar-refractivity contribution in [1.29, 1.82) is 0 Å². The lowest BCUT2D eigenvalue weighted by Gasteiger charge is -2.09.